The molecule has 6 heteroatoms. The van der Waals surface area contributed by atoms with Gasteiger partial charge in [0.25, 0.3) is 0 Å². The predicted octanol–water partition coefficient (Wildman–Crippen LogP) is -2.38. The van der Waals surface area contributed by atoms with E-state index in [0.717, 1.165) is 0 Å². The molecule has 0 aromatic carbocycles. The third kappa shape index (κ3) is 26.2. The molecule has 0 saturated carbocycles. The Morgan fingerprint density at radius 3 is 1.00 bits per heavy atom. The van der Waals surface area contributed by atoms with Crippen LogP contribution >= 0.6 is 0 Å². The quantitative estimate of drug-likeness (QED) is 0.355. The fourth-order valence-corrected chi connectivity index (χ4v) is 0. The number of hydrogen-bond acceptors (Lipinski definition) is 0. The van der Waals surface area contributed by atoms with Crippen molar-refractivity contribution in [3.8, 4) is 0 Å². The monoisotopic (exact) mass is 462 g/mol. The molecule has 0 amide bonds. The van der Waals surface area contributed by atoms with Crippen molar-refractivity contribution in [2.24, 2.45) is 0 Å². The molecule has 0 unspecified atom stereocenters. The standard InChI is InChI=1S/Fe.Mg.Mn.Mo.Pt.H4Si.2H/h;;;;;1H4;;. The second kappa shape index (κ2) is 39.8. The van der Waals surface area contributed by atoms with Gasteiger partial charge < -0.3 is 0 Å². The maximum Gasteiger partial charge on any atom is 0.316 e. The molecule has 0 aliphatic rings. The summed E-state index contributed by atoms with van der Waals surface area (Å²) in [6.07, 6.45) is 0. The van der Waals surface area contributed by atoms with Gasteiger partial charge in [-0.15, -0.1) is 0 Å². The Balaban J connectivity index is 0. The third-order valence-corrected chi connectivity index (χ3v) is 0. The van der Waals surface area contributed by atoms with Crippen LogP contribution in [0, 0.1) is 0 Å². The zero-order chi connectivity index (χ0) is 0. The van der Waals surface area contributed by atoms with Crippen LogP contribution in [-0.4, -0.2) is 34.0 Å². The Bertz CT molecular complexity index is 15.5. The molecule has 0 nitrogen and oxygen atoms in total. The second-order valence-electron chi connectivity index (χ2n) is 0. The summed E-state index contributed by atoms with van der Waals surface area (Å²) in [6, 6.07) is 0. The molecular formula is H6FeMgMnMoPtSi. The first-order valence-electron chi connectivity index (χ1n) is 0. The molecule has 43 valence electrons. The normalized spacial score (nSPS) is 0. The van der Waals surface area contributed by atoms with Crippen molar-refractivity contribution in [2.45, 2.75) is 0 Å². The largest absolute Gasteiger partial charge is 0.316 e. The van der Waals surface area contributed by atoms with Gasteiger partial charge in [-0.3, -0.25) is 0 Å². The van der Waals surface area contributed by atoms with Crippen LogP contribution in [0.5, 0.6) is 0 Å². The average molecular weight is 460 g/mol. The zero-order valence-corrected chi connectivity index (χ0v) is 8.02. The van der Waals surface area contributed by atoms with E-state index in [1.807, 2.05) is 0 Å². The summed E-state index contributed by atoms with van der Waals surface area (Å²) in [7, 11) is 0. The van der Waals surface area contributed by atoms with E-state index in [4.69, 9.17) is 0 Å². The van der Waals surface area contributed by atoms with Crippen LogP contribution in [-0.2, 0) is 76.3 Å². The van der Waals surface area contributed by atoms with Gasteiger partial charge in [-0.05, 0) is 11.0 Å². The van der Waals surface area contributed by atoms with Gasteiger partial charge in [0.2, 0.25) is 0 Å². The fourth-order valence-electron chi connectivity index (χ4n) is 0. The Morgan fingerprint density at radius 2 is 1.00 bits per heavy atom. The van der Waals surface area contributed by atoms with E-state index in [1.54, 1.807) is 0 Å². The first-order chi connectivity index (χ1) is 0. The molecule has 0 aliphatic heterocycles. The summed E-state index contributed by atoms with van der Waals surface area (Å²) in [4.78, 5) is 0. The van der Waals surface area contributed by atoms with Crippen LogP contribution < -0.4 is 0 Å². The van der Waals surface area contributed by atoms with E-state index in [9.17, 15) is 0 Å². The predicted molar refractivity (Wildman–Crippen MR) is 19.9 cm³/mol. The summed E-state index contributed by atoms with van der Waals surface area (Å²) in [5.74, 6) is 0. The van der Waals surface area contributed by atoms with Gasteiger partial charge in [-0.25, -0.2) is 0 Å². The first kappa shape index (κ1) is 57.4. The molecule has 0 saturated heterocycles. The van der Waals surface area contributed by atoms with Crippen molar-refractivity contribution in [1.29, 1.82) is 0 Å². The van der Waals surface area contributed by atoms with Crippen LogP contribution in [0.1, 0.15) is 0 Å². The molecule has 0 spiro atoms. The minimum atomic E-state index is 0. The Hall–Kier alpha value is 3.40. The van der Waals surface area contributed by atoms with E-state index in [-0.39, 0.29) is 110 Å². The van der Waals surface area contributed by atoms with E-state index in [1.165, 1.54) is 0 Å². The summed E-state index contributed by atoms with van der Waals surface area (Å²) in [5.41, 5.74) is 0. The van der Waals surface area contributed by atoms with Crippen molar-refractivity contribution < 1.29 is 76.3 Å². The molecule has 0 N–H and O–H groups in total. The fraction of sp³-hybridized carbons (Fsp3) is 0. The summed E-state index contributed by atoms with van der Waals surface area (Å²) >= 11 is 0. The van der Waals surface area contributed by atoms with Crippen LogP contribution in [0.15, 0.2) is 0 Å². The van der Waals surface area contributed by atoms with E-state index in [2.05, 4.69) is 0 Å². The molecule has 0 aromatic rings. The van der Waals surface area contributed by atoms with Crippen molar-refractivity contribution in [1.82, 2.24) is 0 Å². The van der Waals surface area contributed by atoms with Crippen LogP contribution in [0.3, 0.4) is 0 Å². The van der Waals surface area contributed by atoms with Gasteiger partial charge in [0.05, 0.1) is 0 Å². The molecule has 1 radical (unpaired) electrons. The third-order valence-electron chi connectivity index (χ3n) is 0. The maximum atomic E-state index is 0. The molecular weight excluding hydrogens is 454 g/mol. The van der Waals surface area contributed by atoms with Gasteiger partial charge in [-0.2, -0.15) is 0 Å². The van der Waals surface area contributed by atoms with Crippen molar-refractivity contribution in [2.75, 3.05) is 0 Å². The Kier molecular flexibility index (Phi) is 381. The smallest absolute Gasteiger partial charge is 0.0149 e. The van der Waals surface area contributed by atoms with Crippen LogP contribution in [0.25, 0.3) is 0 Å². The van der Waals surface area contributed by atoms with Crippen LogP contribution in [0.2, 0.25) is 0 Å². The second-order valence-corrected chi connectivity index (χ2v) is 0. The number of hydrogen-bond donors (Lipinski definition) is 0. The number of rotatable bonds is 0. The molecule has 0 fully saturated rings. The van der Waals surface area contributed by atoms with E-state index >= 15 is 0 Å². The van der Waals surface area contributed by atoms with Crippen molar-refractivity contribution >= 4 is 34.0 Å². The first-order valence-corrected chi connectivity index (χ1v) is 0. The van der Waals surface area contributed by atoms with Gasteiger partial charge >= 0.3 is 23.1 Å². The van der Waals surface area contributed by atoms with Gasteiger partial charge in [0.15, 0.2) is 0 Å². The molecule has 0 atom stereocenters. The van der Waals surface area contributed by atoms with Crippen molar-refractivity contribution in [3.05, 3.63) is 0 Å². The molecule has 0 bridgehead atoms. The summed E-state index contributed by atoms with van der Waals surface area (Å²) in [6.45, 7) is 0. The van der Waals surface area contributed by atoms with E-state index in [0.29, 0.717) is 0 Å². The van der Waals surface area contributed by atoms with E-state index < -0.39 is 0 Å². The molecule has 6 heavy (non-hydrogen) atoms. The van der Waals surface area contributed by atoms with Gasteiger partial charge in [0.1, 0.15) is 0 Å². The molecule has 0 heterocycles. The summed E-state index contributed by atoms with van der Waals surface area (Å²) in [5, 5.41) is 0. The SMILES string of the molecule is [Fe].[MgH2].[Mn].[Mo].[Pt].[SiH4]. The van der Waals surface area contributed by atoms with Crippen molar-refractivity contribution in [3.63, 3.8) is 0 Å². The Morgan fingerprint density at radius 1 is 1.00 bits per heavy atom. The minimum Gasteiger partial charge on any atom is -0.0149 e. The molecule has 0 aliphatic carbocycles. The van der Waals surface area contributed by atoms with Gasteiger partial charge in [-0.1, -0.05) is 0 Å². The average Bonchev–Trinajstić information content (AvgIpc) is 0. The molecule has 0 rings (SSSR count). The Labute approximate surface area is 108 Å². The topological polar surface area (TPSA) is 0 Å². The zero-order valence-electron chi connectivity index (χ0n) is 1.46. The maximum absolute atomic E-state index is 0. The summed E-state index contributed by atoms with van der Waals surface area (Å²) < 4.78 is 0. The van der Waals surface area contributed by atoms with Gasteiger partial charge in [0, 0.05) is 76.3 Å². The van der Waals surface area contributed by atoms with Crippen LogP contribution in [0.4, 0.5) is 0 Å². The minimum absolute atomic E-state index is 0. The molecule has 0 aromatic heterocycles.